The molecule has 2 aromatic rings. The molecule has 1 aromatic carbocycles. The lowest BCUT2D eigenvalue weighted by Gasteiger charge is -2.23. The van der Waals surface area contributed by atoms with Gasteiger partial charge in [0.1, 0.15) is 0 Å². The number of aryl methyl sites for hydroxylation is 2. The predicted molar refractivity (Wildman–Crippen MR) is 85.6 cm³/mol. The van der Waals surface area contributed by atoms with Crippen molar-refractivity contribution in [1.82, 2.24) is 4.90 Å². The maximum atomic E-state index is 12.4. The van der Waals surface area contributed by atoms with Gasteiger partial charge in [0.2, 0.25) is 0 Å². The van der Waals surface area contributed by atoms with Gasteiger partial charge in [-0.2, -0.15) is 0 Å². The molecule has 3 heteroatoms. The Morgan fingerprint density at radius 2 is 2.05 bits per heavy atom. The second-order valence-corrected chi connectivity index (χ2v) is 6.33. The molecule has 2 nitrogen and oxygen atoms in total. The molecule has 20 heavy (non-hydrogen) atoms. The predicted octanol–water partition coefficient (Wildman–Crippen LogP) is 4.24. The summed E-state index contributed by atoms with van der Waals surface area (Å²) in [6.45, 7) is 6.64. The number of ketones is 1. The summed E-state index contributed by atoms with van der Waals surface area (Å²) in [5.41, 5.74) is 3.09. The van der Waals surface area contributed by atoms with Crippen LogP contribution in [0.25, 0.3) is 0 Å². The van der Waals surface area contributed by atoms with Crippen molar-refractivity contribution in [3.05, 3.63) is 57.3 Å². The molecule has 1 unspecified atom stereocenters. The molecular weight excluding hydrogens is 266 g/mol. The van der Waals surface area contributed by atoms with Crippen molar-refractivity contribution in [3.63, 3.8) is 0 Å². The van der Waals surface area contributed by atoms with Crippen molar-refractivity contribution >= 4 is 17.1 Å². The van der Waals surface area contributed by atoms with Gasteiger partial charge in [0.25, 0.3) is 0 Å². The molecule has 1 atom stereocenters. The van der Waals surface area contributed by atoms with Crippen molar-refractivity contribution < 1.29 is 4.79 Å². The van der Waals surface area contributed by atoms with Crippen LogP contribution in [0.5, 0.6) is 0 Å². The van der Waals surface area contributed by atoms with Crippen LogP contribution in [-0.4, -0.2) is 24.3 Å². The molecule has 2 rings (SSSR count). The monoisotopic (exact) mass is 287 g/mol. The Morgan fingerprint density at radius 1 is 1.30 bits per heavy atom. The number of benzene rings is 1. The summed E-state index contributed by atoms with van der Waals surface area (Å²) in [6, 6.07) is 10.4. The van der Waals surface area contributed by atoms with Gasteiger partial charge in [-0.1, -0.05) is 29.8 Å². The Morgan fingerprint density at radius 3 is 2.65 bits per heavy atom. The van der Waals surface area contributed by atoms with Gasteiger partial charge in [-0.05, 0) is 44.8 Å². The van der Waals surface area contributed by atoms with Crippen LogP contribution in [0.4, 0.5) is 0 Å². The van der Waals surface area contributed by atoms with Gasteiger partial charge in [0.05, 0.1) is 6.54 Å². The SMILES string of the molecule is Cc1ccc(C(=O)CN(C)C(C)c2cccs2)c(C)c1. The summed E-state index contributed by atoms with van der Waals surface area (Å²) >= 11 is 1.73. The summed E-state index contributed by atoms with van der Waals surface area (Å²) in [6.07, 6.45) is 0. The maximum Gasteiger partial charge on any atom is 0.177 e. The van der Waals surface area contributed by atoms with Gasteiger partial charge in [-0.3, -0.25) is 9.69 Å². The smallest absolute Gasteiger partial charge is 0.177 e. The Labute approximate surface area is 125 Å². The van der Waals surface area contributed by atoms with E-state index in [0.717, 1.165) is 11.1 Å². The van der Waals surface area contributed by atoms with Crippen molar-refractivity contribution in [2.24, 2.45) is 0 Å². The first-order chi connectivity index (χ1) is 9.49. The molecule has 0 aliphatic rings. The number of rotatable bonds is 5. The van der Waals surface area contributed by atoms with Crippen LogP contribution < -0.4 is 0 Å². The van der Waals surface area contributed by atoms with Crippen molar-refractivity contribution in [1.29, 1.82) is 0 Å². The van der Waals surface area contributed by atoms with Gasteiger partial charge in [0, 0.05) is 16.5 Å². The standard InChI is InChI=1S/C17H21NOS/c1-12-7-8-15(13(2)10-12)16(19)11-18(4)14(3)17-6-5-9-20-17/h5-10,14H,11H2,1-4H3. The summed E-state index contributed by atoms with van der Waals surface area (Å²) < 4.78 is 0. The Bertz CT molecular complexity index is 589. The van der Waals surface area contributed by atoms with E-state index in [4.69, 9.17) is 0 Å². The summed E-state index contributed by atoms with van der Waals surface area (Å²) in [7, 11) is 2.01. The van der Waals surface area contributed by atoms with Crippen LogP contribution in [-0.2, 0) is 0 Å². The van der Waals surface area contributed by atoms with E-state index in [1.807, 2.05) is 33.0 Å². The Kier molecular flexibility index (Phi) is 4.73. The van der Waals surface area contributed by atoms with Crippen LogP contribution in [0.3, 0.4) is 0 Å². The molecule has 0 aliphatic heterocycles. The average Bonchev–Trinajstić information content (AvgIpc) is 2.91. The fourth-order valence-electron chi connectivity index (χ4n) is 2.32. The maximum absolute atomic E-state index is 12.4. The number of Topliss-reactive ketones (excluding diaryl/α,β-unsaturated/α-hetero) is 1. The van der Waals surface area contributed by atoms with Crippen LogP contribution in [0, 0.1) is 13.8 Å². The molecule has 0 N–H and O–H groups in total. The third-order valence-electron chi connectivity index (χ3n) is 3.69. The van der Waals surface area contributed by atoms with Crippen molar-refractivity contribution in [3.8, 4) is 0 Å². The minimum absolute atomic E-state index is 0.188. The van der Waals surface area contributed by atoms with Gasteiger partial charge in [-0.25, -0.2) is 0 Å². The molecule has 1 aromatic heterocycles. The molecule has 0 aliphatic carbocycles. The highest BCUT2D eigenvalue weighted by molar-refractivity contribution is 7.10. The first-order valence-electron chi connectivity index (χ1n) is 6.83. The number of carbonyl (C=O) groups excluding carboxylic acids is 1. The average molecular weight is 287 g/mol. The van der Waals surface area contributed by atoms with Gasteiger partial charge in [0.15, 0.2) is 5.78 Å². The van der Waals surface area contributed by atoms with E-state index >= 15 is 0 Å². The lowest BCUT2D eigenvalue weighted by Crippen LogP contribution is -2.28. The molecule has 0 saturated heterocycles. The number of nitrogens with zero attached hydrogens (tertiary/aromatic N) is 1. The van der Waals surface area contributed by atoms with E-state index in [1.54, 1.807) is 11.3 Å². The zero-order chi connectivity index (χ0) is 14.7. The van der Waals surface area contributed by atoms with E-state index in [9.17, 15) is 4.79 Å². The molecule has 0 fully saturated rings. The normalized spacial score (nSPS) is 12.7. The first-order valence-corrected chi connectivity index (χ1v) is 7.71. The van der Waals surface area contributed by atoms with Crippen molar-refractivity contribution in [2.75, 3.05) is 13.6 Å². The van der Waals surface area contributed by atoms with Crippen LogP contribution in [0.15, 0.2) is 35.7 Å². The minimum Gasteiger partial charge on any atom is -0.293 e. The second-order valence-electron chi connectivity index (χ2n) is 5.35. The molecule has 1 heterocycles. The molecule has 0 saturated carbocycles. The fourth-order valence-corrected chi connectivity index (χ4v) is 3.17. The van der Waals surface area contributed by atoms with E-state index in [-0.39, 0.29) is 11.8 Å². The number of hydrogen-bond acceptors (Lipinski definition) is 3. The lowest BCUT2D eigenvalue weighted by molar-refractivity contribution is 0.0925. The zero-order valence-corrected chi connectivity index (χ0v) is 13.3. The first kappa shape index (κ1) is 14.9. The third kappa shape index (κ3) is 3.35. The van der Waals surface area contributed by atoms with E-state index in [1.165, 1.54) is 10.4 Å². The number of thiophene rings is 1. The van der Waals surface area contributed by atoms with E-state index < -0.39 is 0 Å². The van der Waals surface area contributed by atoms with Crippen LogP contribution >= 0.6 is 11.3 Å². The molecular formula is C17H21NOS. The fraction of sp³-hybridized carbons (Fsp3) is 0.353. The van der Waals surface area contributed by atoms with Gasteiger partial charge >= 0.3 is 0 Å². The largest absolute Gasteiger partial charge is 0.293 e. The van der Waals surface area contributed by atoms with Crippen molar-refractivity contribution in [2.45, 2.75) is 26.8 Å². The molecule has 0 bridgehead atoms. The summed E-state index contributed by atoms with van der Waals surface area (Å²) in [5, 5.41) is 2.08. The number of hydrogen-bond donors (Lipinski definition) is 0. The number of likely N-dealkylation sites (N-methyl/N-ethyl adjacent to an activating group) is 1. The molecule has 0 spiro atoms. The topological polar surface area (TPSA) is 20.3 Å². The molecule has 0 radical (unpaired) electrons. The number of carbonyl (C=O) groups is 1. The highest BCUT2D eigenvalue weighted by Crippen LogP contribution is 2.23. The van der Waals surface area contributed by atoms with Crippen LogP contribution in [0.2, 0.25) is 0 Å². The highest BCUT2D eigenvalue weighted by atomic mass is 32.1. The third-order valence-corrected chi connectivity index (χ3v) is 4.73. The van der Waals surface area contributed by atoms with Gasteiger partial charge < -0.3 is 0 Å². The lowest BCUT2D eigenvalue weighted by atomic mass is 10.0. The quantitative estimate of drug-likeness (QED) is 0.767. The Balaban J connectivity index is 2.07. The summed E-state index contributed by atoms with van der Waals surface area (Å²) in [5.74, 6) is 0.188. The zero-order valence-electron chi connectivity index (χ0n) is 12.5. The highest BCUT2D eigenvalue weighted by Gasteiger charge is 2.17. The van der Waals surface area contributed by atoms with E-state index in [2.05, 4.69) is 35.4 Å². The van der Waals surface area contributed by atoms with Gasteiger partial charge in [-0.15, -0.1) is 11.3 Å². The minimum atomic E-state index is 0.188. The molecule has 106 valence electrons. The Hall–Kier alpha value is -1.45. The summed E-state index contributed by atoms with van der Waals surface area (Å²) in [4.78, 5) is 15.8. The van der Waals surface area contributed by atoms with Crippen LogP contribution in [0.1, 0.15) is 39.3 Å². The molecule has 0 amide bonds. The second kappa shape index (κ2) is 6.33. The van der Waals surface area contributed by atoms with E-state index in [0.29, 0.717) is 6.54 Å².